The van der Waals surface area contributed by atoms with Gasteiger partial charge in [0.15, 0.2) is 0 Å². The summed E-state index contributed by atoms with van der Waals surface area (Å²) < 4.78 is 5.37. The van der Waals surface area contributed by atoms with Crippen molar-refractivity contribution in [2.24, 2.45) is 0 Å². The molecule has 1 atom stereocenters. The monoisotopic (exact) mass is 287 g/mol. The number of hydrogen-bond donors (Lipinski definition) is 0. The van der Waals surface area contributed by atoms with Gasteiger partial charge in [0, 0.05) is 31.9 Å². The van der Waals surface area contributed by atoms with Crippen LogP contribution in [0.2, 0.25) is 0 Å². The van der Waals surface area contributed by atoms with Crippen LogP contribution < -0.4 is 4.90 Å². The fourth-order valence-corrected chi connectivity index (χ4v) is 2.62. The number of aromatic nitrogens is 3. The number of likely N-dealkylation sites (tertiary alicyclic amines) is 1. The molecule has 2 aromatic rings. The van der Waals surface area contributed by atoms with Crippen molar-refractivity contribution in [1.29, 1.82) is 0 Å². The van der Waals surface area contributed by atoms with Crippen LogP contribution in [0.25, 0.3) is 11.4 Å². The van der Waals surface area contributed by atoms with Gasteiger partial charge in [-0.2, -0.15) is 4.98 Å². The molecule has 0 aliphatic carbocycles. The summed E-state index contributed by atoms with van der Waals surface area (Å²) in [6.07, 6.45) is 4.28. The van der Waals surface area contributed by atoms with Gasteiger partial charge in [-0.3, -0.25) is 4.90 Å². The van der Waals surface area contributed by atoms with Gasteiger partial charge in [-0.15, -0.1) is 0 Å². The minimum absolute atomic E-state index is 0.599. The lowest BCUT2D eigenvalue weighted by Crippen LogP contribution is -2.26. The van der Waals surface area contributed by atoms with Crippen LogP contribution in [0.4, 0.5) is 5.82 Å². The molecule has 6 nitrogen and oxygen atoms in total. The van der Waals surface area contributed by atoms with E-state index in [-0.39, 0.29) is 0 Å². The maximum Gasteiger partial charge on any atom is 0.241 e. The Morgan fingerprint density at radius 1 is 1.38 bits per heavy atom. The van der Waals surface area contributed by atoms with Gasteiger partial charge in [-0.1, -0.05) is 5.16 Å². The van der Waals surface area contributed by atoms with Crippen LogP contribution >= 0.6 is 0 Å². The third kappa shape index (κ3) is 3.05. The summed E-state index contributed by atoms with van der Waals surface area (Å²) in [6, 6.07) is 4.52. The summed E-state index contributed by atoms with van der Waals surface area (Å²) in [5.74, 6) is 2.19. The fraction of sp³-hybridized carbons (Fsp3) is 0.533. The van der Waals surface area contributed by atoms with Crippen LogP contribution in [0.1, 0.15) is 25.7 Å². The second kappa shape index (κ2) is 5.81. The van der Waals surface area contributed by atoms with Gasteiger partial charge in [0.2, 0.25) is 11.7 Å². The average molecular weight is 287 g/mol. The fourth-order valence-electron chi connectivity index (χ4n) is 2.62. The summed E-state index contributed by atoms with van der Waals surface area (Å²) in [4.78, 5) is 13.2. The van der Waals surface area contributed by atoms with E-state index in [9.17, 15) is 0 Å². The van der Waals surface area contributed by atoms with Crippen molar-refractivity contribution < 1.29 is 4.52 Å². The van der Waals surface area contributed by atoms with Gasteiger partial charge in [-0.05, 0) is 38.4 Å². The van der Waals surface area contributed by atoms with E-state index < -0.39 is 0 Å². The molecule has 0 N–H and O–H groups in total. The average Bonchev–Trinajstić information content (AvgIpc) is 3.10. The summed E-state index contributed by atoms with van der Waals surface area (Å²) >= 11 is 0. The van der Waals surface area contributed by atoms with E-state index in [1.807, 2.05) is 31.1 Å². The third-order valence-electron chi connectivity index (χ3n) is 3.96. The van der Waals surface area contributed by atoms with Gasteiger partial charge < -0.3 is 9.42 Å². The summed E-state index contributed by atoms with van der Waals surface area (Å²) in [6.45, 7) is 4.09. The number of nitrogens with zero attached hydrogens (tertiary/aromatic N) is 5. The minimum Gasteiger partial charge on any atom is -0.363 e. The molecule has 112 valence electrons. The largest absolute Gasteiger partial charge is 0.363 e. The van der Waals surface area contributed by atoms with E-state index in [4.69, 9.17) is 4.52 Å². The Balaban J connectivity index is 1.72. The van der Waals surface area contributed by atoms with Crippen molar-refractivity contribution in [3.05, 3.63) is 24.2 Å². The first-order valence-corrected chi connectivity index (χ1v) is 7.34. The quantitative estimate of drug-likeness (QED) is 0.859. The summed E-state index contributed by atoms with van der Waals surface area (Å²) in [5.41, 5.74) is 0.880. The topological polar surface area (TPSA) is 58.3 Å². The van der Waals surface area contributed by atoms with Crippen molar-refractivity contribution in [2.45, 2.75) is 32.4 Å². The van der Waals surface area contributed by atoms with E-state index >= 15 is 0 Å². The van der Waals surface area contributed by atoms with Gasteiger partial charge in [0.05, 0.1) is 6.54 Å². The molecule has 6 heteroatoms. The lowest BCUT2D eigenvalue weighted by Gasteiger charge is -2.17. The van der Waals surface area contributed by atoms with Crippen LogP contribution in [0.5, 0.6) is 0 Å². The predicted molar refractivity (Wildman–Crippen MR) is 81.0 cm³/mol. The predicted octanol–water partition coefficient (Wildman–Crippen LogP) is 2.18. The molecule has 0 radical (unpaired) electrons. The smallest absolute Gasteiger partial charge is 0.241 e. The molecule has 2 aromatic heterocycles. The van der Waals surface area contributed by atoms with Crippen LogP contribution in [-0.2, 0) is 6.54 Å². The van der Waals surface area contributed by atoms with Crippen LogP contribution in [0, 0.1) is 0 Å². The molecule has 1 fully saturated rings. The zero-order chi connectivity index (χ0) is 14.8. The first-order valence-electron chi connectivity index (χ1n) is 7.34. The van der Waals surface area contributed by atoms with Gasteiger partial charge in [0.1, 0.15) is 5.82 Å². The van der Waals surface area contributed by atoms with Crippen molar-refractivity contribution in [1.82, 2.24) is 20.0 Å². The number of pyridine rings is 1. The highest BCUT2D eigenvalue weighted by Gasteiger charge is 2.22. The van der Waals surface area contributed by atoms with Crippen molar-refractivity contribution in [3.8, 4) is 11.4 Å². The molecule has 3 heterocycles. The number of hydrogen-bond acceptors (Lipinski definition) is 6. The standard InChI is InChI=1S/C15H21N5O/c1-11-5-4-8-20(11)10-14-17-15(18-21-14)12-6-7-13(16-9-12)19(2)3/h6-7,9,11H,4-5,8,10H2,1-3H3/t11-/m1/s1. The van der Waals surface area contributed by atoms with Crippen LogP contribution in [0.3, 0.4) is 0 Å². The molecule has 0 unspecified atom stereocenters. The highest BCUT2D eigenvalue weighted by molar-refractivity contribution is 5.55. The van der Waals surface area contributed by atoms with E-state index in [1.165, 1.54) is 12.8 Å². The van der Waals surface area contributed by atoms with E-state index in [1.54, 1.807) is 6.20 Å². The molecule has 0 saturated carbocycles. The SMILES string of the molecule is C[C@@H]1CCCN1Cc1nc(-c2ccc(N(C)C)nc2)no1. The van der Waals surface area contributed by atoms with Crippen molar-refractivity contribution in [2.75, 3.05) is 25.5 Å². The van der Waals surface area contributed by atoms with Gasteiger partial charge >= 0.3 is 0 Å². The molecular weight excluding hydrogens is 266 g/mol. The van der Waals surface area contributed by atoms with Gasteiger partial charge in [-0.25, -0.2) is 4.98 Å². The molecule has 1 saturated heterocycles. The molecule has 0 bridgehead atoms. The lowest BCUT2D eigenvalue weighted by molar-refractivity contribution is 0.221. The first-order chi connectivity index (χ1) is 10.1. The van der Waals surface area contributed by atoms with E-state index in [0.29, 0.717) is 17.8 Å². The van der Waals surface area contributed by atoms with Crippen molar-refractivity contribution >= 4 is 5.82 Å². The Labute approximate surface area is 124 Å². The molecule has 0 amide bonds. The molecule has 0 aromatic carbocycles. The Morgan fingerprint density at radius 3 is 2.86 bits per heavy atom. The Morgan fingerprint density at radius 2 is 2.24 bits per heavy atom. The van der Waals surface area contributed by atoms with Crippen LogP contribution in [0.15, 0.2) is 22.9 Å². The molecular formula is C15H21N5O. The highest BCUT2D eigenvalue weighted by atomic mass is 16.5. The maximum absolute atomic E-state index is 5.37. The minimum atomic E-state index is 0.599. The Hall–Kier alpha value is -1.95. The summed E-state index contributed by atoms with van der Waals surface area (Å²) in [5, 5.41) is 4.06. The first kappa shape index (κ1) is 14.0. The maximum atomic E-state index is 5.37. The molecule has 1 aliphatic rings. The number of rotatable bonds is 4. The van der Waals surface area contributed by atoms with E-state index in [2.05, 4.69) is 26.9 Å². The second-order valence-electron chi connectivity index (χ2n) is 5.77. The lowest BCUT2D eigenvalue weighted by atomic mass is 10.2. The van der Waals surface area contributed by atoms with Crippen molar-refractivity contribution in [3.63, 3.8) is 0 Å². The van der Waals surface area contributed by atoms with Crippen LogP contribution in [-0.4, -0.2) is 46.7 Å². The number of anilines is 1. The Kier molecular flexibility index (Phi) is 3.88. The summed E-state index contributed by atoms with van der Waals surface area (Å²) in [7, 11) is 3.93. The zero-order valence-electron chi connectivity index (χ0n) is 12.8. The highest BCUT2D eigenvalue weighted by Crippen LogP contribution is 2.21. The zero-order valence-corrected chi connectivity index (χ0v) is 12.8. The van der Waals surface area contributed by atoms with Gasteiger partial charge in [0.25, 0.3) is 0 Å². The third-order valence-corrected chi connectivity index (χ3v) is 3.96. The Bertz CT molecular complexity index is 592. The van der Waals surface area contributed by atoms with E-state index in [0.717, 1.165) is 24.5 Å². The normalized spacial score (nSPS) is 19.1. The molecule has 21 heavy (non-hydrogen) atoms. The molecule has 3 rings (SSSR count). The second-order valence-corrected chi connectivity index (χ2v) is 5.77. The molecule has 0 spiro atoms. The molecule has 1 aliphatic heterocycles.